The van der Waals surface area contributed by atoms with E-state index in [4.69, 9.17) is 13.9 Å². The van der Waals surface area contributed by atoms with Gasteiger partial charge in [-0.1, -0.05) is 36.4 Å². The van der Waals surface area contributed by atoms with Crippen LogP contribution in [0.2, 0.25) is 0 Å². The lowest BCUT2D eigenvalue weighted by Gasteiger charge is -2.20. The molecule has 0 bridgehead atoms. The minimum Gasteiger partial charge on any atom is -0.495 e. The summed E-state index contributed by atoms with van der Waals surface area (Å²) in [6.07, 6.45) is -0.931. The topological polar surface area (TPSA) is 77.8 Å². The molecule has 0 spiro atoms. The molecular formula is C25H21NO5. The molecule has 6 heteroatoms. The first-order valence-corrected chi connectivity index (χ1v) is 9.74. The first-order valence-electron chi connectivity index (χ1n) is 9.74. The van der Waals surface area contributed by atoms with Crippen molar-refractivity contribution in [2.24, 2.45) is 0 Å². The van der Waals surface area contributed by atoms with E-state index in [1.807, 2.05) is 49.4 Å². The molecule has 4 aromatic rings. The number of amides is 1. The van der Waals surface area contributed by atoms with Gasteiger partial charge in [0.2, 0.25) is 6.10 Å². The molecule has 0 aliphatic heterocycles. The molecule has 1 aromatic heterocycles. The quantitative estimate of drug-likeness (QED) is 0.455. The van der Waals surface area contributed by atoms with Gasteiger partial charge in [0.15, 0.2) is 0 Å². The highest BCUT2D eigenvalue weighted by molar-refractivity contribution is 5.96. The Hall–Kier alpha value is -4.06. The molecule has 0 aliphatic carbocycles. The maximum atomic E-state index is 13.2. The zero-order valence-electron chi connectivity index (χ0n) is 17.1. The minimum atomic E-state index is -0.931. The lowest BCUT2D eigenvalue weighted by Crippen LogP contribution is -2.26. The van der Waals surface area contributed by atoms with E-state index in [2.05, 4.69) is 5.32 Å². The molecule has 1 amide bonds. The Balaban J connectivity index is 1.67. The van der Waals surface area contributed by atoms with Crippen LogP contribution in [-0.4, -0.2) is 13.0 Å². The van der Waals surface area contributed by atoms with Gasteiger partial charge in [-0.3, -0.25) is 4.79 Å². The molecular weight excluding hydrogens is 394 g/mol. The lowest BCUT2D eigenvalue weighted by molar-refractivity contribution is -0.123. The fourth-order valence-electron chi connectivity index (χ4n) is 3.27. The molecule has 0 fully saturated rings. The highest BCUT2D eigenvalue weighted by atomic mass is 16.5. The molecule has 156 valence electrons. The van der Waals surface area contributed by atoms with Crippen molar-refractivity contribution in [1.82, 2.24) is 0 Å². The fourth-order valence-corrected chi connectivity index (χ4v) is 3.27. The summed E-state index contributed by atoms with van der Waals surface area (Å²) in [5.74, 6) is 0.602. The highest BCUT2D eigenvalue weighted by Crippen LogP contribution is 2.29. The Morgan fingerprint density at radius 1 is 0.968 bits per heavy atom. The number of benzene rings is 3. The van der Waals surface area contributed by atoms with Gasteiger partial charge in [0.25, 0.3) is 5.91 Å². The van der Waals surface area contributed by atoms with Gasteiger partial charge in [-0.25, -0.2) is 4.79 Å². The number of hydrogen-bond donors (Lipinski definition) is 1. The van der Waals surface area contributed by atoms with Gasteiger partial charge < -0.3 is 19.2 Å². The number of aryl methyl sites for hydroxylation is 1. The summed E-state index contributed by atoms with van der Waals surface area (Å²) in [4.78, 5) is 24.8. The standard InChI is InChI=1S/C25H21NO5/c1-16-8-12-21(29-2)20(14-16)26-25(28)24(18-6-4-3-5-7-18)30-19-11-9-17-10-13-23(27)31-22(17)15-19/h3-15,24H,1-2H3,(H,26,28). The predicted octanol–water partition coefficient (Wildman–Crippen LogP) is 4.87. The van der Waals surface area contributed by atoms with Crippen LogP contribution in [0.15, 0.2) is 88.1 Å². The smallest absolute Gasteiger partial charge is 0.336 e. The second-order valence-corrected chi connectivity index (χ2v) is 7.06. The molecule has 1 heterocycles. The van der Waals surface area contributed by atoms with Crippen LogP contribution in [0.1, 0.15) is 17.2 Å². The number of ether oxygens (including phenoxy) is 2. The SMILES string of the molecule is COc1ccc(C)cc1NC(=O)C(Oc1ccc2ccc(=O)oc2c1)c1ccccc1. The molecule has 0 saturated heterocycles. The van der Waals surface area contributed by atoms with Crippen molar-refractivity contribution in [3.8, 4) is 11.5 Å². The van der Waals surface area contributed by atoms with E-state index in [9.17, 15) is 9.59 Å². The molecule has 0 saturated carbocycles. The van der Waals surface area contributed by atoms with Crippen molar-refractivity contribution in [3.63, 3.8) is 0 Å². The third kappa shape index (κ3) is 4.59. The number of nitrogens with one attached hydrogen (secondary N) is 1. The first kappa shape index (κ1) is 20.2. The summed E-state index contributed by atoms with van der Waals surface area (Å²) < 4.78 is 16.7. The molecule has 31 heavy (non-hydrogen) atoms. The van der Waals surface area contributed by atoms with Crippen molar-refractivity contribution in [1.29, 1.82) is 0 Å². The van der Waals surface area contributed by atoms with Crippen LogP contribution in [0.3, 0.4) is 0 Å². The molecule has 1 N–H and O–H groups in total. The van der Waals surface area contributed by atoms with Crippen LogP contribution in [-0.2, 0) is 4.79 Å². The number of rotatable bonds is 6. The second kappa shape index (κ2) is 8.75. The fraction of sp³-hybridized carbons (Fsp3) is 0.120. The number of anilines is 1. The van der Waals surface area contributed by atoms with E-state index in [0.29, 0.717) is 28.3 Å². The molecule has 0 radical (unpaired) electrons. The molecule has 1 unspecified atom stereocenters. The van der Waals surface area contributed by atoms with E-state index in [-0.39, 0.29) is 5.91 Å². The Bertz CT molecular complexity index is 1280. The lowest BCUT2D eigenvalue weighted by atomic mass is 10.1. The number of methoxy groups -OCH3 is 1. The van der Waals surface area contributed by atoms with Crippen molar-refractivity contribution < 1.29 is 18.7 Å². The largest absolute Gasteiger partial charge is 0.495 e. The molecule has 3 aromatic carbocycles. The van der Waals surface area contributed by atoms with Gasteiger partial charge in [-0.05, 0) is 42.8 Å². The van der Waals surface area contributed by atoms with E-state index in [1.54, 1.807) is 37.4 Å². The summed E-state index contributed by atoms with van der Waals surface area (Å²) in [7, 11) is 1.55. The predicted molar refractivity (Wildman–Crippen MR) is 119 cm³/mol. The number of fused-ring (bicyclic) bond motifs is 1. The first-order chi connectivity index (χ1) is 15.0. The Morgan fingerprint density at radius 2 is 1.74 bits per heavy atom. The van der Waals surface area contributed by atoms with Crippen molar-refractivity contribution in [2.45, 2.75) is 13.0 Å². The third-order valence-electron chi connectivity index (χ3n) is 4.80. The van der Waals surface area contributed by atoms with Crippen LogP contribution in [0.5, 0.6) is 11.5 Å². The van der Waals surface area contributed by atoms with Crippen LogP contribution in [0.4, 0.5) is 5.69 Å². The maximum absolute atomic E-state index is 13.2. The van der Waals surface area contributed by atoms with Crippen molar-refractivity contribution in [3.05, 3.63) is 100 Å². The average Bonchev–Trinajstić information content (AvgIpc) is 2.78. The Kier molecular flexibility index (Phi) is 5.71. The molecule has 4 rings (SSSR count). The normalized spacial score (nSPS) is 11.7. The van der Waals surface area contributed by atoms with E-state index >= 15 is 0 Å². The maximum Gasteiger partial charge on any atom is 0.336 e. The summed E-state index contributed by atoms with van der Waals surface area (Å²) in [5.41, 5.74) is 2.16. The number of carbonyl (C=O) groups excluding carboxylic acids is 1. The molecule has 1 atom stereocenters. The van der Waals surface area contributed by atoms with Gasteiger partial charge in [-0.15, -0.1) is 0 Å². The average molecular weight is 415 g/mol. The number of carbonyl (C=O) groups is 1. The van der Waals surface area contributed by atoms with E-state index in [0.717, 1.165) is 10.9 Å². The van der Waals surface area contributed by atoms with E-state index < -0.39 is 11.7 Å². The second-order valence-electron chi connectivity index (χ2n) is 7.06. The highest BCUT2D eigenvalue weighted by Gasteiger charge is 2.24. The van der Waals surface area contributed by atoms with Gasteiger partial charge >= 0.3 is 5.63 Å². The Morgan fingerprint density at radius 3 is 2.52 bits per heavy atom. The van der Waals surface area contributed by atoms with Gasteiger partial charge in [-0.2, -0.15) is 0 Å². The number of hydrogen-bond acceptors (Lipinski definition) is 5. The van der Waals surface area contributed by atoms with Crippen LogP contribution in [0.25, 0.3) is 11.0 Å². The molecule has 0 aliphatic rings. The zero-order valence-corrected chi connectivity index (χ0v) is 17.1. The summed E-state index contributed by atoms with van der Waals surface area (Å²) in [6, 6.07) is 22.9. The van der Waals surface area contributed by atoms with Crippen LogP contribution in [0, 0.1) is 6.92 Å². The van der Waals surface area contributed by atoms with Crippen LogP contribution < -0.4 is 20.4 Å². The zero-order chi connectivity index (χ0) is 21.8. The Labute approximate surface area is 179 Å². The van der Waals surface area contributed by atoms with Crippen molar-refractivity contribution in [2.75, 3.05) is 12.4 Å². The monoisotopic (exact) mass is 415 g/mol. The van der Waals surface area contributed by atoms with Crippen LogP contribution >= 0.6 is 0 Å². The van der Waals surface area contributed by atoms with Crippen molar-refractivity contribution >= 4 is 22.6 Å². The van der Waals surface area contributed by atoms with E-state index in [1.165, 1.54) is 6.07 Å². The minimum absolute atomic E-state index is 0.357. The summed E-state index contributed by atoms with van der Waals surface area (Å²) >= 11 is 0. The third-order valence-corrected chi connectivity index (χ3v) is 4.80. The summed E-state index contributed by atoms with van der Waals surface area (Å²) in [5, 5.41) is 3.67. The van der Waals surface area contributed by atoms with Gasteiger partial charge in [0, 0.05) is 23.1 Å². The van der Waals surface area contributed by atoms with Gasteiger partial charge in [0.05, 0.1) is 12.8 Å². The summed E-state index contributed by atoms with van der Waals surface area (Å²) in [6.45, 7) is 1.93. The molecule has 6 nitrogen and oxygen atoms in total. The van der Waals surface area contributed by atoms with Gasteiger partial charge in [0.1, 0.15) is 17.1 Å².